The summed E-state index contributed by atoms with van der Waals surface area (Å²) in [6.45, 7) is 1.65. The first-order valence-electron chi connectivity index (χ1n) is 9.28. The summed E-state index contributed by atoms with van der Waals surface area (Å²) in [7, 11) is 0. The van der Waals surface area contributed by atoms with Crippen molar-refractivity contribution in [1.82, 2.24) is 15.0 Å². The maximum Gasteiger partial charge on any atom is 0.261 e. The second-order valence-electron chi connectivity index (χ2n) is 6.95. The first-order chi connectivity index (χ1) is 14.0. The van der Waals surface area contributed by atoms with E-state index in [1.807, 2.05) is 0 Å². The zero-order valence-corrected chi connectivity index (χ0v) is 16.4. The summed E-state index contributed by atoms with van der Waals surface area (Å²) >= 11 is -2.05. The third-order valence-electron chi connectivity index (χ3n) is 5.08. The van der Waals surface area contributed by atoms with Crippen molar-refractivity contribution in [3.63, 3.8) is 0 Å². The molecule has 0 radical (unpaired) electrons. The lowest BCUT2D eigenvalue weighted by atomic mass is 9.98. The molecule has 3 heterocycles. The Morgan fingerprint density at radius 2 is 1.90 bits per heavy atom. The van der Waals surface area contributed by atoms with E-state index in [0.717, 1.165) is 25.9 Å². The van der Waals surface area contributed by atoms with Crippen molar-refractivity contribution >= 4 is 39.4 Å². The van der Waals surface area contributed by atoms with Gasteiger partial charge in [0.1, 0.15) is 11.2 Å². The number of aromatic nitrogens is 3. The maximum atomic E-state index is 12.4. The zero-order valence-electron chi connectivity index (χ0n) is 15.5. The summed E-state index contributed by atoms with van der Waals surface area (Å²) in [5, 5.41) is 12.8. The van der Waals surface area contributed by atoms with E-state index < -0.39 is 11.1 Å². The minimum absolute atomic E-state index is 0.184. The van der Waals surface area contributed by atoms with E-state index in [0.29, 0.717) is 34.3 Å². The number of rotatable bonds is 5. The lowest BCUT2D eigenvalue weighted by Gasteiger charge is -2.31. The molecule has 29 heavy (non-hydrogen) atoms. The number of fused-ring (bicyclic) bond motifs is 1. The van der Waals surface area contributed by atoms with Crippen molar-refractivity contribution in [2.75, 3.05) is 29.9 Å². The summed E-state index contributed by atoms with van der Waals surface area (Å²) in [6.07, 6.45) is 3.26. The molecule has 1 saturated heterocycles. The number of piperidine rings is 1. The van der Waals surface area contributed by atoms with Crippen molar-refractivity contribution in [1.29, 1.82) is 0 Å². The lowest BCUT2D eigenvalue weighted by Crippen LogP contribution is -2.36. The van der Waals surface area contributed by atoms with E-state index >= 15 is 0 Å². The Labute approximate surface area is 169 Å². The number of anilines is 3. The minimum Gasteiger partial charge on any atom is -0.396 e. The molecule has 4 N–H and O–H groups in total. The number of H-pyrrole nitrogens is 1. The molecule has 1 unspecified atom stereocenters. The van der Waals surface area contributed by atoms with E-state index in [1.165, 1.54) is 12.1 Å². The number of aliphatic hydroxyl groups is 1. The number of nitrogens with zero attached hydrogens (tertiary/aromatic N) is 3. The Balaban J connectivity index is 1.71. The van der Waals surface area contributed by atoms with Crippen LogP contribution in [0.2, 0.25) is 0 Å². The number of hydrogen-bond donors (Lipinski definition) is 4. The van der Waals surface area contributed by atoms with Crippen LogP contribution in [-0.4, -0.2) is 48.5 Å². The van der Waals surface area contributed by atoms with E-state index in [-0.39, 0.29) is 17.1 Å². The fourth-order valence-corrected chi connectivity index (χ4v) is 3.79. The fourth-order valence-electron chi connectivity index (χ4n) is 3.42. The van der Waals surface area contributed by atoms with Crippen LogP contribution in [0.15, 0.2) is 46.2 Å². The van der Waals surface area contributed by atoms with Gasteiger partial charge in [-0.3, -0.25) is 4.79 Å². The van der Waals surface area contributed by atoms with Crippen LogP contribution in [0.1, 0.15) is 12.8 Å². The van der Waals surface area contributed by atoms with Gasteiger partial charge in [-0.2, -0.15) is 4.98 Å². The largest absolute Gasteiger partial charge is 0.396 e. The van der Waals surface area contributed by atoms with E-state index in [9.17, 15) is 14.1 Å². The standard InChI is InChI=1S/C19H21N5O4S/c25-11-12-6-9-24(10-7-12)19-22-15-5-8-20-18(26)16(15)17(23-19)21-13-1-3-14(4-2-13)29(27)28/h1-5,8,12,25H,6-7,9-11H2,(H,20,26)(H,27,28)(H,21,22,23). The zero-order chi connectivity index (χ0) is 20.4. The Morgan fingerprint density at radius 1 is 1.17 bits per heavy atom. The van der Waals surface area contributed by atoms with Gasteiger partial charge in [0, 0.05) is 31.6 Å². The van der Waals surface area contributed by atoms with Gasteiger partial charge in [0.15, 0.2) is 11.1 Å². The Bertz CT molecular complexity index is 1090. The van der Waals surface area contributed by atoms with Crippen molar-refractivity contribution in [2.45, 2.75) is 17.7 Å². The molecule has 1 aromatic carbocycles. The van der Waals surface area contributed by atoms with Gasteiger partial charge in [-0.25, -0.2) is 9.19 Å². The highest BCUT2D eigenvalue weighted by atomic mass is 32.2. The van der Waals surface area contributed by atoms with Crippen LogP contribution in [0.5, 0.6) is 0 Å². The molecule has 1 aliphatic rings. The number of pyridine rings is 1. The van der Waals surface area contributed by atoms with Crippen LogP contribution in [0.25, 0.3) is 10.9 Å². The average molecular weight is 415 g/mol. The molecule has 2 aromatic heterocycles. The smallest absolute Gasteiger partial charge is 0.261 e. The minimum atomic E-state index is -2.05. The molecule has 1 atom stereocenters. The predicted octanol–water partition coefficient (Wildman–Crippen LogP) is 1.85. The van der Waals surface area contributed by atoms with Crippen molar-refractivity contribution in [3.05, 3.63) is 46.9 Å². The van der Waals surface area contributed by atoms with Gasteiger partial charge in [-0.15, -0.1) is 0 Å². The predicted molar refractivity (Wildman–Crippen MR) is 111 cm³/mol. The molecule has 152 valence electrons. The van der Waals surface area contributed by atoms with Gasteiger partial charge in [0.05, 0.1) is 10.4 Å². The summed E-state index contributed by atoms with van der Waals surface area (Å²) in [5.41, 5.74) is 0.856. The van der Waals surface area contributed by atoms with Crippen LogP contribution in [0.3, 0.4) is 0 Å². The second kappa shape index (κ2) is 8.27. The maximum absolute atomic E-state index is 12.4. The normalized spacial score (nSPS) is 16.1. The molecule has 0 bridgehead atoms. The van der Waals surface area contributed by atoms with E-state index in [2.05, 4.69) is 25.2 Å². The number of nitrogens with one attached hydrogen (secondary N) is 2. The molecule has 1 aliphatic heterocycles. The van der Waals surface area contributed by atoms with Crippen LogP contribution in [0, 0.1) is 5.92 Å². The lowest BCUT2D eigenvalue weighted by molar-refractivity contribution is 0.202. The third-order valence-corrected chi connectivity index (χ3v) is 5.76. The van der Waals surface area contributed by atoms with Crippen molar-refractivity contribution in [3.8, 4) is 0 Å². The number of hydrogen-bond acceptors (Lipinski definition) is 7. The highest BCUT2D eigenvalue weighted by Gasteiger charge is 2.22. The monoisotopic (exact) mass is 415 g/mol. The molecule has 9 nitrogen and oxygen atoms in total. The molecule has 4 rings (SSSR count). The van der Waals surface area contributed by atoms with E-state index in [4.69, 9.17) is 4.55 Å². The van der Waals surface area contributed by atoms with Gasteiger partial charge in [0.2, 0.25) is 5.95 Å². The molecule has 0 amide bonds. The quantitative estimate of drug-likeness (QED) is 0.464. The Morgan fingerprint density at radius 3 is 2.55 bits per heavy atom. The van der Waals surface area contributed by atoms with Gasteiger partial charge in [-0.1, -0.05) is 0 Å². The summed E-state index contributed by atoms with van der Waals surface area (Å²) in [4.78, 5) is 26.6. The van der Waals surface area contributed by atoms with Gasteiger partial charge in [0.25, 0.3) is 5.56 Å². The first-order valence-corrected chi connectivity index (χ1v) is 10.4. The van der Waals surface area contributed by atoms with Crippen molar-refractivity contribution < 1.29 is 13.9 Å². The number of aromatic amines is 1. The summed E-state index contributed by atoms with van der Waals surface area (Å²) < 4.78 is 20.3. The van der Waals surface area contributed by atoms with Crippen LogP contribution in [-0.2, 0) is 11.1 Å². The van der Waals surface area contributed by atoms with E-state index in [1.54, 1.807) is 24.4 Å². The Kier molecular flexibility index (Phi) is 5.56. The van der Waals surface area contributed by atoms with Gasteiger partial charge in [-0.05, 0) is 49.1 Å². The Hall–Kier alpha value is -2.82. The summed E-state index contributed by atoms with van der Waals surface area (Å²) in [5.74, 6) is 1.19. The topological polar surface area (TPSA) is 131 Å². The van der Waals surface area contributed by atoms with Crippen LogP contribution in [0.4, 0.5) is 17.5 Å². The molecule has 10 heteroatoms. The van der Waals surface area contributed by atoms with Crippen LogP contribution >= 0.6 is 0 Å². The third kappa shape index (κ3) is 4.14. The molecule has 0 spiro atoms. The molecule has 0 aliphatic carbocycles. The SMILES string of the molecule is O=c1[nH]ccc2nc(N3CCC(CO)CC3)nc(Nc3ccc(S(=O)O)cc3)c12. The molecule has 1 fully saturated rings. The molecule has 3 aromatic rings. The van der Waals surface area contributed by atoms with Crippen LogP contribution < -0.4 is 15.8 Å². The molecular weight excluding hydrogens is 394 g/mol. The van der Waals surface area contributed by atoms with Gasteiger partial charge < -0.3 is 24.9 Å². The molecule has 0 saturated carbocycles. The number of benzene rings is 1. The second-order valence-corrected chi connectivity index (χ2v) is 7.92. The highest BCUT2D eigenvalue weighted by molar-refractivity contribution is 7.79. The summed E-state index contributed by atoms with van der Waals surface area (Å²) in [6, 6.07) is 8.10. The molecular formula is C19H21N5O4S. The number of aliphatic hydroxyl groups excluding tert-OH is 1. The van der Waals surface area contributed by atoms with Crippen molar-refractivity contribution in [2.24, 2.45) is 5.92 Å². The fraction of sp³-hybridized carbons (Fsp3) is 0.316. The average Bonchev–Trinajstić information content (AvgIpc) is 2.74. The highest BCUT2D eigenvalue weighted by Crippen LogP contribution is 2.27. The van der Waals surface area contributed by atoms with Gasteiger partial charge >= 0.3 is 0 Å². The first kappa shape index (κ1) is 19.5.